The lowest BCUT2D eigenvalue weighted by atomic mass is 10.1. The maximum Gasteiger partial charge on any atom is 0.324 e. The minimum atomic E-state index is -3.67. The van der Waals surface area contributed by atoms with Gasteiger partial charge in [0.05, 0.1) is 12.0 Å². The summed E-state index contributed by atoms with van der Waals surface area (Å²) < 4.78 is 31.5. The fourth-order valence-electron chi connectivity index (χ4n) is 2.45. The Balaban J connectivity index is 2.33. The van der Waals surface area contributed by atoms with E-state index in [-0.39, 0.29) is 4.90 Å². The summed E-state index contributed by atoms with van der Waals surface area (Å²) in [7, 11) is -2.39. The molecule has 1 atom stereocenters. The van der Waals surface area contributed by atoms with Gasteiger partial charge >= 0.3 is 5.97 Å². The second-order valence-electron chi connectivity index (χ2n) is 4.93. The number of carbonyl (C=O) groups excluding carboxylic acids is 1. The number of methoxy groups -OCH3 is 1. The van der Waals surface area contributed by atoms with Crippen LogP contribution in [0.4, 0.5) is 0 Å². The number of alkyl halides is 1. The van der Waals surface area contributed by atoms with Gasteiger partial charge in [-0.05, 0) is 37.0 Å². The predicted octanol–water partition coefficient (Wildman–Crippen LogP) is 2.30. The van der Waals surface area contributed by atoms with Gasteiger partial charge in [0.2, 0.25) is 10.0 Å². The van der Waals surface area contributed by atoms with Gasteiger partial charge in [0.15, 0.2) is 0 Å². The molecule has 21 heavy (non-hydrogen) atoms. The molecule has 0 saturated carbocycles. The Hall–Kier alpha value is -0.920. The minimum Gasteiger partial charge on any atom is -0.468 e. The topological polar surface area (TPSA) is 63.7 Å². The molecule has 0 spiro atoms. The van der Waals surface area contributed by atoms with Crippen molar-refractivity contribution in [3.05, 3.63) is 29.8 Å². The Labute approximate surface area is 133 Å². The predicted molar refractivity (Wildman–Crippen MR) is 82.6 cm³/mol. The molecule has 0 aliphatic carbocycles. The van der Waals surface area contributed by atoms with Gasteiger partial charge in [-0.15, -0.1) is 0 Å². The van der Waals surface area contributed by atoms with Gasteiger partial charge in [-0.25, -0.2) is 8.42 Å². The molecule has 7 heteroatoms. The first-order valence-corrected chi connectivity index (χ1v) is 9.31. The van der Waals surface area contributed by atoms with E-state index in [4.69, 9.17) is 4.74 Å². The van der Waals surface area contributed by atoms with E-state index in [1.165, 1.54) is 11.4 Å². The van der Waals surface area contributed by atoms with E-state index in [1.54, 1.807) is 24.3 Å². The fourth-order valence-corrected chi connectivity index (χ4v) is 4.47. The molecule has 1 unspecified atom stereocenters. The van der Waals surface area contributed by atoms with Crippen LogP contribution in [-0.4, -0.2) is 38.4 Å². The van der Waals surface area contributed by atoms with Gasteiger partial charge in [-0.2, -0.15) is 4.31 Å². The molecule has 0 aromatic heterocycles. The quantitative estimate of drug-likeness (QED) is 0.598. The number of piperidine rings is 1. The van der Waals surface area contributed by atoms with Gasteiger partial charge in [0.25, 0.3) is 0 Å². The minimum absolute atomic E-state index is 0.211. The van der Waals surface area contributed by atoms with Crippen molar-refractivity contribution in [1.82, 2.24) is 4.31 Å². The van der Waals surface area contributed by atoms with E-state index in [9.17, 15) is 13.2 Å². The highest BCUT2D eigenvalue weighted by molar-refractivity contribution is 9.08. The number of hydrogen-bond donors (Lipinski definition) is 0. The lowest BCUT2D eigenvalue weighted by molar-refractivity contribution is -0.146. The summed E-state index contributed by atoms with van der Waals surface area (Å²) in [6, 6.07) is 5.96. The third-order valence-corrected chi connectivity index (χ3v) is 6.18. The molecule has 5 nitrogen and oxygen atoms in total. The van der Waals surface area contributed by atoms with Gasteiger partial charge in [-0.1, -0.05) is 28.1 Å². The summed E-state index contributed by atoms with van der Waals surface area (Å²) in [5, 5.41) is 0.668. The maximum atomic E-state index is 12.7. The molecule has 1 aliphatic heterocycles. The highest BCUT2D eigenvalue weighted by Gasteiger charge is 2.38. The Bertz CT molecular complexity index is 600. The van der Waals surface area contributed by atoms with Crippen LogP contribution in [0.3, 0.4) is 0 Å². The molecular formula is C14H18BrNO4S. The number of benzene rings is 1. The highest BCUT2D eigenvalue weighted by atomic mass is 79.9. The molecule has 1 heterocycles. The van der Waals surface area contributed by atoms with Crippen LogP contribution in [0.25, 0.3) is 0 Å². The number of ether oxygens (including phenoxy) is 1. The van der Waals surface area contributed by atoms with Crippen LogP contribution in [0.1, 0.15) is 24.8 Å². The van der Waals surface area contributed by atoms with E-state index in [0.717, 1.165) is 18.4 Å². The molecule has 0 N–H and O–H groups in total. The Morgan fingerprint density at radius 1 is 1.33 bits per heavy atom. The van der Waals surface area contributed by atoms with Crippen molar-refractivity contribution < 1.29 is 17.9 Å². The van der Waals surface area contributed by atoms with E-state index in [0.29, 0.717) is 18.3 Å². The smallest absolute Gasteiger partial charge is 0.324 e. The summed E-state index contributed by atoms with van der Waals surface area (Å²) in [4.78, 5) is 12.0. The molecule has 0 amide bonds. The Morgan fingerprint density at radius 3 is 2.57 bits per heavy atom. The van der Waals surface area contributed by atoms with Crippen LogP contribution < -0.4 is 0 Å². The second-order valence-corrected chi connectivity index (χ2v) is 7.38. The molecule has 2 rings (SSSR count). The SMILES string of the molecule is COC(=O)C1CCCCN1S(=O)(=O)c1ccc(CBr)cc1. The number of esters is 1. The first-order chi connectivity index (χ1) is 10.0. The van der Waals surface area contributed by atoms with Crippen molar-refractivity contribution in [1.29, 1.82) is 0 Å². The number of rotatable bonds is 4. The van der Waals surface area contributed by atoms with Crippen molar-refractivity contribution >= 4 is 31.9 Å². The van der Waals surface area contributed by atoms with Gasteiger partial charge < -0.3 is 4.74 Å². The molecule has 1 saturated heterocycles. The first-order valence-electron chi connectivity index (χ1n) is 6.75. The van der Waals surface area contributed by atoms with Gasteiger partial charge in [0.1, 0.15) is 6.04 Å². The lowest BCUT2D eigenvalue weighted by Gasteiger charge is -2.32. The number of sulfonamides is 1. The number of carbonyl (C=O) groups is 1. The van der Waals surface area contributed by atoms with E-state index in [1.807, 2.05) is 0 Å². The van der Waals surface area contributed by atoms with E-state index < -0.39 is 22.0 Å². The van der Waals surface area contributed by atoms with E-state index >= 15 is 0 Å². The standard InChI is InChI=1S/C14H18BrNO4S/c1-20-14(17)13-4-2-3-9-16(13)21(18,19)12-7-5-11(10-15)6-8-12/h5-8,13H,2-4,9-10H2,1H3. The monoisotopic (exact) mass is 375 g/mol. The first kappa shape index (κ1) is 16.5. The number of halogens is 1. The molecule has 116 valence electrons. The van der Waals surface area contributed by atoms with Crippen LogP contribution in [-0.2, 0) is 24.9 Å². The summed E-state index contributed by atoms with van der Waals surface area (Å²) in [5.41, 5.74) is 0.997. The molecule has 1 aromatic carbocycles. The fraction of sp³-hybridized carbons (Fsp3) is 0.500. The molecule has 1 fully saturated rings. The van der Waals surface area contributed by atoms with Crippen LogP contribution >= 0.6 is 15.9 Å². The molecule has 1 aromatic rings. The van der Waals surface area contributed by atoms with E-state index in [2.05, 4.69) is 15.9 Å². The normalized spacial score (nSPS) is 20.2. The Kier molecular flexibility index (Phi) is 5.40. The van der Waals surface area contributed by atoms with Crippen molar-refractivity contribution in [2.75, 3.05) is 13.7 Å². The largest absolute Gasteiger partial charge is 0.468 e. The van der Waals surface area contributed by atoms with Crippen LogP contribution in [0.15, 0.2) is 29.2 Å². The van der Waals surface area contributed by atoms with Crippen molar-refractivity contribution in [2.24, 2.45) is 0 Å². The van der Waals surface area contributed by atoms with Gasteiger partial charge in [0, 0.05) is 11.9 Å². The molecule has 1 aliphatic rings. The molecular weight excluding hydrogens is 358 g/mol. The number of hydrogen-bond acceptors (Lipinski definition) is 4. The highest BCUT2D eigenvalue weighted by Crippen LogP contribution is 2.26. The second kappa shape index (κ2) is 6.89. The van der Waals surface area contributed by atoms with Crippen molar-refractivity contribution in [3.63, 3.8) is 0 Å². The average molecular weight is 376 g/mol. The summed E-state index contributed by atoms with van der Waals surface area (Å²) in [6.45, 7) is 0.349. The molecule has 0 radical (unpaired) electrons. The van der Waals surface area contributed by atoms with Crippen LogP contribution in [0, 0.1) is 0 Å². The zero-order chi connectivity index (χ0) is 15.5. The maximum absolute atomic E-state index is 12.7. The average Bonchev–Trinajstić information content (AvgIpc) is 2.54. The lowest BCUT2D eigenvalue weighted by Crippen LogP contribution is -2.48. The van der Waals surface area contributed by atoms with Gasteiger partial charge in [-0.3, -0.25) is 4.79 Å². The summed E-state index contributed by atoms with van der Waals surface area (Å²) >= 11 is 3.33. The summed E-state index contributed by atoms with van der Waals surface area (Å²) in [6.07, 6.45) is 2.09. The van der Waals surface area contributed by atoms with Crippen molar-refractivity contribution in [2.45, 2.75) is 35.5 Å². The van der Waals surface area contributed by atoms with Crippen LogP contribution in [0.5, 0.6) is 0 Å². The number of nitrogens with zero attached hydrogens (tertiary/aromatic N) is 1. The van der Waals surface area contributed by atoms with Crippen LogP contribution in [0.2, 0.25) is 0 Å². The molecule has 0 bridgehead atoms. The summed E-state index contributed by atoms with van der Waals surface area (Å²) in [5.74, 6) is -0.490. The van der Waals surface area contributed by atoms with Crippen molar-refractivity contribution in [3.8, 4) is 0 Å². The zero-order valence-corrected chi connectivity index (χ0v) is 14.2. The Morgan fingerprint density at radius 2 is 2.00 bits per heavy atom. The third kappa shape index (κ3) is 3.46. The third-order valence-electron chi connectivity index (χ3n) is 3.61. The zero-order valence-electron chi connectivity index (χ0n) is 11.8.